The third kappa shape index (κ3) is 5.53. The van der Waals surface area contributed by atoms with Gasteiger partial charge in [0.15, 0.2) is 5.11 Å². The summed E-state index contributed by atoms with van der Waals surface area (Å²) in [5, 5.41) is 7.45. The lowest BCUT2D eigenvalue weighted by Crippen LogP contribution is -2.32. The van der Waals surface area contributed by atoms with Gasteiger partial charge < -0.3 is 5.32 Å². The first-order valence-electron chi connectivity index (χ1n) is 8.84. The molecule has 0 saturated carbocycles. The number of nitrogens with zero attached hydrogens (tertiary/aromatic N) is 1. The number of amides is 1. The van der Waals surface area contributed by atoms with Gasteiger partial charge in [0.25, 0.3) is 10.0 Å². The van der Waals surface area contributed by atoms with Crippen LogP contribution in [0.5, 0.6) is 0 Å². The first-order valence-corrected chi connectivity index (χ1v) is 11.6. The van der Waals surface area contributed by atoms with Crippen LogP contribution in [0.2, 0.25) is 0 Å². The number of anilines is 2. The van der Waals surface area contributed by atoms with Gasteiger partial charge in [0, 0.05) is 23.7 Å². The van der Waals surface area contributed by atoms with Crippen LogP contribution in [0, 0.1) is 0 Å². The topological polar surface area (TPSA) is 78.5 Å². The van der Waals surface area contributed by atoms with Crippen LogP contribution in [0.4, 0.5) is 11.4 Å². The number of carbonyl (C=O) groups is 1. The van der Waals surface area contributed by atoms with Crippen LogP contribution in [0.15, 0.2) is 83.1 Å². The molecule has 154 valence electrons. The predicted octanol–water partition coefficient (Wildman–Crippen LogP) is 4.10. The van der Waals surface area contributed by atoms with Crippen molar-refractivity contribution in [1.29, 1.82) is 0 Å². The number of rotatable bonds is 6. The lowest BCUT2D eigenvalue weighted by molar-refractivity contribution is -0.115. The number of hydrogen-bond acceptors (Lipinski definition) is 5. The van der Waals surface area contributed by atoms with E-state index in [9.17, 15) is 13.2 Å². The number of sulfonamides is 1. The molecule has 6 nitrogen and oxygen atoms in total. The molecule has 0 spiro atoms. The Bertz CT molecular complexity index is 1140. The molecule has 0 bridgehead atoms. The summed E-state index contributed by atoms with van der Waals surface area (Å²) in [6.07, 6.45) is 3.10. The maximum atomic E-state index is 12.8. The van der Waals surface area contributed by atoms with E-state index in [0.29, 0.717) is 11.4 Å². The van der Waals surface area contributed by atoms with Gasteiger partial charge in [-0.15, -0.1) is 11.3 Å². The lowest BCUT2D eigenvalue weighted by Gasteiger charge is -2.19. The van der Waals surface area contributed by atoms with Crippen molar-refractivity contribution in [3.8, 4) is 0 Å². The minimum atomic E-state index is -3.69. The highest BCUT2D eigenvalue weighted by molar-refractivity contribution is 7.92. The summed E-state index contributed by atoms with van der Waals surface area (Å²) in [6, 6.07) is 18.8. The zero-order chi connectivity index (χ0) is 21.6. The van der Waals surface area contributed by atoms with Crippen molar-refractivity contribution in [2.24, 2.45) is 0 Å². The summed E-state index contributed by atoms with van der Waals surface area (Å²) in [5.74, 6) is -0.357. The fourth-order valence-corrected chi connectivity index (χ4v) is 4.54. The third-order valence-electron chi connectivity index (χ3n) is 4.07. The number of nitrogens with one attached hydrogen (secondary N) is 2. The Hall–Kier alpha value is -3.01. The normalized spacial score (nSPS) is 11.2. The maximum absolute atomic E-state index is 12.8. The Morgan fingerprint density at radius 3 is 2.37 bits per heavy atom. The molecule has 0 aliphatic rings. The second kappa shape index (κ2) is 9.66. The molecule has 3 rings (SSSR count). The number of para-hydroxylation sites is 1. The smallest absolute Gasteiger partial charge is 0.264 e. The Morgan fingerprint density at radius 2 is 1.73 bits per heavy atom. The van der Waals surface area contributed by atoms with E-state index in [-0.39, 0.29) is 15.9 Å². The van der Waals surface area contributed by atoms with E-state index in [1.165, 1.54) is 40.9 Å². The molecular weight excluding hydrogens is 438 g/mol. The minimum Gasteiger partial charge on any atom is -0.332 e. The van der Waals surface area contributed by atoms with Gasteiger partial charge in [-0.1, -0.05) is 24.3 Å². The molecule has 2 N–H and O–H groups in total. The molecule has 0 aliphatic heterocycles. The molecule has 9 heteroatoms. The Kier molecular flexibility index (Phi) is 6.99. The van der Waals surface area contributed by atoms with Crippen molar-refractivity contribution >= 4 is 62.0 Å². The van der Waals surface area contributed by atoms with E-state index >= 15 is 0 Å². The average Bonchev–Trinajstić information content (AvgIpc) is 3.26. The van der Waals surface area contributed by atoms with Crippen LogP contribution < -0.4 is 14.9 Å². The second-order valence-corrected chi connectivity index (χ2v) is 9.48. The molecule has 0 atom stereocenters. The third-order valence-corrected chi connectivity index (χ3v) is 6.91. The van der Waals surface area contributed by atoms with Crippen LogP contribution in [0.3, 0.4) is 0 Å². The van der Waals surface area contributed by atoms with Crippen molar-refractivity contribution in [1.82, 2.24) is 5.32 Å². The average molecular weight is 458 g/mol. The number of thiophene rings is 1. The lowest BCUT2D eigenvalue weighted by atomic mass is 10.3. The number of hydrogen-bond donors (Lipinski definition) is 2. The standard InChI is InChI=1S/C21H19N3O3S3/c1-24(17-6-3-2-4-7-17)30(26,27)19-12-9-16(10-13-19)22-21(28)23-20(25)14-11-18-8-5-15-29-18/h2-15H,1H3,(H2,22,23,25,28). The SMILES string of the molecule is CN(c1ccccc1)S(=O)(=O)c1ccc(NC(=S)NC(=O)C=Cc2cccs2)cc1. The summed E-state index contributed by atoms with van der Waals surface area (Å²) >= 11 is 6.66. The molecule has 0 aliphatic carbocycles. The molecule has 0 fully saturated rings. The fourth-order valence-electron chi connectivity index (χ4n) is 2.50. The van der Waals surface area contributed by atoms with Crippen molar-refractivity contribution in [3.63, 3.8) is 0 Å². The van der Waals surface area contributed by atoms with Crippen molar-refractivity contribution in [2.45, 2.75) is 4.90 Å². The summed E-state index contributed by atoms with van der Waals surface area (Å²) in [4.78, 5) is 13.0. The molecular formula is C21H19N3O3S3. The Balaban J connectivity index is 1.61. The first kappa shape index (κ1) is 21.7. The van der Waals surface area contributed by atoms with Gasteiger partial charge in [0.1, 0.15) is 0 Å². The quantitative estimate of drug-likeness (QED) is 0.430. The highest BCUT2D eigenvalue weighted by Crippen LogP contribution is 2.22. The molecule has 2 aromatic carbocycles. The first-order chi connectivity index (χ1) is 14.4. The predicted molar refractivity (Wildman–Crippen MR) is 126 cm³/mol. The van der Waals surface area contributed by atoms with E-state index < -0.39 is 10.0 Å². The van der Waals surface area contributed by atoms with Crippen molar-refractivity contribution in [3.05, 3.63) is 83.1 Å². The fraction of sp³-hybridized carbons (Fsp3) is 0.0476. The van der Waals surface area contributed by atoms with Crippen LogP contribution in [0.1, 0.15) is 4.88 Å². The number of thiocarbonyl (C=S) groups is 1. The Morgan fingerprint density at radius 1 is 1.03 bits per heavy atom. The van der Waals surface area contributed by atoms with Gasteiger partial charge in [-0.2, -0.15) is 0 Å². The van der Waals surface area contributed by atoms with Crippen LogP contribution in [-0.4, -0.2) is 26.5 Å². The van der Waals surface area contributed by atoms with E-state index in [1.807, 2.05) is 23.6 Å². The zero-order valence-corrected chi connectivity index (χ0v) is 18.4. The summed E-state index contributed by atoms with van der Waals surface area (Å²) < 4.78 is 26.8. The summed E-state index contributed by atoms with van der Waals surface area (Å²) in [7, 11) is -2.19. The van der Waals surface area contributed by atoms with E-state index in [0.717, 1.165) is 4.88 Å². The monoisotopic (exact) mass is 457 g/mol. The van der Waals surface area contributed by atoms with E-state index in [2.05, 4.69) is 10.6 Å². The Labute approximate surface area is 184 Å². The highest BCUT2D eigenvalue weighted by atomic mass is 32.2. The largest absolute Gasteiger partial charge is 0.332 e. The van der Waals surface area contributed by atoms with Gasteiger partial charge >= 0.3 is 0 Å². The van der Waals surface area contributed by atoms with Gasteiger partial charge in [-0.3, -0.25) is 14.4 Å². The van der Waals surface area contributed by atoms with E-state index in [1.54, 1.807) is 42.5 Å². The number of benzene rings is 2. The molecule has 0 unspecified atom stereocenters. The zero-order valence-electron chi connectivity index (χ0n) is 16.0. The van der Waals surface area contributed by atoms with Crippen LogP contribution in [-0.2, 0) is 14.8 Å². The molecule has 3 aromatic rings. The van der Waals surface area contributed by atoms with Gasteiger partial charge in [-0.25, -0.2) is 8.42 Å². The molecule has 0 saturated heterocycles. The molecule has 0 radical (unpaired) electrons. The molecule has 30 heavy (non-hydrogen) atoms. The van der Waals surface area contributed by atoms with Gasteiger partial charge in [0.05, 0.1) is 10.6 Å². The summed E-state index contributed by atoms with van der Waals surface area (Å²) in [5.41, 5.74) is 1.13. The highest BCUT2D eigenvalue weighted by Gasteiger charge is 2.21. The molecule has 1 amide bonds. The molecule has 1 aromatic heterocycles. The van der Waals surface area contributed by atoms with Gasteiger partial charge in [-0.05, 0) is 66.1 Å². The second-order valence-electron chi connectivity index (χ2n) is 6.12. The molecule has 1 heterocycles. The van der Waals surface area contributed by atoms with Crippen molar-refractivity contribution < 1.29 is 13.2 Å². The van der Waals surface area contributed by atoms with Gasteiger partial charge in [0.2, 0.25) is 5.91 Å². The van der Waals surface area contributed by atoms with Crippen LogP contribution >= 0.6 is 23.6 Å². The summed E-state index contributed by atoms with van der Waals surface area (Å²) in [6.45, 7) is 0. The minimum absolute atomic E-state index is 0.118. The number of carbonyl (C=O) groups excluding carboxylic acids is 1. The maximum Gasteiger partial charge on any atom is 0.264 e. The van der Waals surface area contributed by atoms with E-state index in [4.69, 9.17) is 12.2 Å². The van der Waals surface area contributed by atoms with Crippen LogP contribution in [0.25, 0.3) is 6.08 Å². The van der Waals surface area contributed by atoms with Crippen molar-refractivity contribution in [2.75, 3.05) is 16.7 Å².